The number of amides is 1. The third-order valence-electron chi connectivity index (χ3n) is 4.28. The molecule has 0 aromatic heterocycles. The number of alkyl carbamates (subject to hydrolysis) is 1. The Hall–Kier alpha value is -2.88. The standard InChI is InChI=1S/C22H24N2O2/c25-22(26-17-19-12-6-2-7-13-19)24-20-14-8-3-9-15-23-21(20)16-18-10-4-1-5-11-18/h1-8,10-13,20H,9,14-17H2,(H,24,25)/b8-3-,23-21?/t20-/m1/s1. The average Bonchev–Trinajstić information content (AvgIpc) is 2.67. The Balaban J connectivity index is 1.62. The summed E-state index contributed by atoms with van der Waals surface area (Å²) in [5.74, 6) is 0. The van der Waals surface area contributed by atoms with Crippen LogP contribution in [0, 0.1) is 0 Å². The molecule has 134 valence electrons. The van der Waals surface area contributed by atoms with E-state index in [1.807, 2.05) is 48.5 Å². The van der Waals surface area contributed by atoms with Gasteiger partial charge in [-0.15, -0.1) is 0 Å². The zero-order valence-corrected chi connectivity index (χ0v) is 14.8. The molecule has 0 unspecified atom stereocenters. The van der Waals surface area contributed by atoms with Gasteiger partial charge in [0.2, 0.25) is 0 Å². The van der Waals surface area contributed by atoms with E-state index in [1.54, 1.807) is 0 Å². The van der Waals surface area contributed by atoms with Gasteiger partial charge in [-0.25, -0.2) is 4.79 Å². The van der Waals surface area contributed by atoms with Gasteiger partial charge in [-0.05, 0) is 24.0 Å². The third-order valence-corrected chi connectivity index (χ3v) is 4.28. The van der Waals surface area contributed by atoms with Crippen LogP contribution in [-0.2, 0) is 17.8 Å². The predicted octanol–water partition coefficient (Wildman–Crippen LogP) is 4.32. The van der Waals surface area contributed by atoms with Crippen LogP contribution in [0.25, 0.3) is 0 Å². The first-order chi connectivity index (χ1) is 12.8. The Bertz CT molecular complexity index is 754. The summed E-state index contributed by atoms with van der Waals surface area (Å²) < 4.78 is 5.37. The second-order valence-electron chi connectivity index (χ2n) is 6.29. The van der Waals surface area contributed by atoms with E-state index in [9.17, 15) is 4.79 Å². The minimum atomic E-state index is -0.409. The number of hydrogen-bond acceptors (Lipinski definition) is 3. The van der Waals surface area contributed by atoms with Crippen molar-refractivity contribution in [1.82, 2.24) is 5.32 Å². The van der Waals surface area contributed by atoms with E-state index in [4.69, 9.17) is 9.73 Å². The summed E-state index contributed by atoms with van der Waals surface area (Å²) in [6.07, 6.45) is 6.22. The molecule has 1 aliphatic rings. The summed E-state index contributed by atoms with van der Waals surface area (Å²) in [4.78, 5) is 17.0. The van der Waals surface area contributed by atoms with Gasteiger partial charge in [-0.2, -0.15) is 0 Å². The van der Waals surface area contributed by atoms with E-state index in [1.165, 1.54) is 5.56 Å². The maximum absolute atomic E-state index is 12.3. The van der Waals surface area contributed by atoms with Crippen molar-refractivity contribution in [3.63, 3.8) is 0 Å². The summed E-state index contributed by atoms with van der Waals surface area (Å²) in [6, 6.07) is 19.8. The van der Waals surface area contributed by atoms with E-state index < -0.39 is 6.09 Å². The smallest absolute Gasteiger partial charge is 0.408 e. The molecular weight excluding hydrogens is 324 g/mol. The van der Waals surface area contributed by atoms with Gasteiger partial charge in [0.25, 0.3) is 0 Å². The van der Waals surface area contributed by atoms with Crippen molar-refractivity contribution in [2.75, 3.05) is 6.54 Å². The molecule has 3 rings (SSSR count). The first-order valence-electron chi connectivity index (χ1n) is 9.00. The monoisotopic (exact) mass is 348 g/mol. The highest BCUT2D eigenvalue weighted by atomic mass is 16.5. The summed E-state index contributed by atoms with van der Waals surface area (Å²) in [7, 11) is 0. The molecule has 0 aliphatic carbocycles. The van der Waals surface area contributed by atoms with Crippen molar-refractivity contribution in [1.29, 1.82) is 0 Å². The highest BCUT2D eigenvalue weighted by Gasteiger charge is 2.19. The molecule has 2 aromatic rings. The van der Waals surface area contributed by atoms with Crippen LogP contribution in [0.4, 0.5) is 4.79 Å². The molecule has 0 radical (unpaired) electrons. The Morgan fingerprint density at radius 3 is 2.42 bits per heavy atom. The first kappa shape index (κ1) is 17.9. The van der Waals surface area contributed by atoms with Gasteiger partial charge < -0.3 is 10.1 Å². The van der Waals surface area contributed by atoms with Crippen molar-refractivity contribution in [2.45, 2.75) is 31.9 Å². The van der Waals surface area contributed by atoms with Gasteiger partial charge in [0.1, 0.15) is 6.61 Å². The normalized spacial score (nSPS) is 18.2. The number of ether oxygens (including phenoxy) is 1. The lowest BCUT2D eigenvalue weighted by atomic mass is 9.99. The maximum Gasteiger partial charge on any atom is 0.408 e. The van der Waals surface area contributed by atoms with Gasteiger partial charge in [0.05, 0.1) is 6.04 Å². The van der Waals surface area contributed by atoms with Gasteiger partial charge in [0, 0.05) is 18.7 Å². The summed E-state index contributed by atoms with van der Waals surface area (Å²) in [5.41, 5.74) is 3.16. The largest absolute Gasteiger partial charge is 0.445 e. The lowest BCUT2D eigenvalue weighted by molar-refractivity contribution is 0.138. The Kier molecular flexibility index (Phi) is 6.59. The highest BCUT2D eigenvalue weighted by molar-refractivity contribution is 5.94. The highest BCUT2D eigenvalue weighted by Crippen LogP contribution is 2.10. The van der Waals surface area contributed by atoms with Gasteiger partial charge in [-0.3, -0.25) is 4.99 Å². The Morgan fingerprint density at radius 2 is 1.69 bits per heavy atom. The molecule has 4 nitrogen and oxygen atoms in total. The summed E-state index contributed by atoms with van der Waals surface area (Å²) >= 11 is 0. The van der Waals surface area contributed by atoms with Crippen LogP contribution in [0.3, 0.4) is 0 Å². The third kappa shape index (κ3) is 5.59. The van der Waals surface area contributed by atoms with Crippen molar-refractivity contribution in [2.24, 2.45) is 4.99 Å². The minimum Gasteiger partial charge on any atom is -0.445 e. The summed E-state index contributed by atoms with van der Waals surface area (Å²) in [5, 5.41) is 2.98. The second kappa shape index (κ2) is 9.56. The molecule has 0 spiro atoms. The second-order valence-corrected chi connectivity index (χ2v) is 6.29. The van der Waals surface area contributed by atoms with Crippen molar-refractivity contribution in [3.8, 4) is 0 Å². The lowest BCUT2D eigenvalue weighted by Crippen LogP contribution is -2.42. The molecule has 1 aliphatic heterocycles. The molecule has 0 saturated carbocycles. The van der Waals surface area contributed by atoms with E-state index >= 15 is 0 Å². The summed E-state index contributed by atoms with van der Waals surface area (Å²) in [6.45, 7) is 1.01. The van der Waals surface area contributed by atoms with Crippen molar-refractivity contribution >= 4 is 11.8 Å². The van der Waals surface area contributed by atoms with E-state index in [-0.39, 0.29) is 12.6 Å². The van der Waals surface area contributed by atoms with E-state index in [2.05, 4.69) is 29.6 Å². The molecule has 0 bridgehead atoms. The fourth-order valence-corrected chi connectivity index (χ4v) is 2.91. The molecule has 2 aromatic carbocycles. The predicted molar refractivity (Wildman–Crippen MR) is 104 cm³/mol. The van der Waals surface area contributed by atoms with Gasteiger partial charge >= 0.3 is 6.09 Å². The van der Waals surface area contributed by atoms with Crippen LogP contribution in [0.5, 0.6) is 0 Å². The quantitative estimate of drug-likeness (QED) is 0.818. The van der Waals surface area contributed by atoms with Gasteiger partial charge in [-0.1, -0.05) is 72.8 Å². The van der Waals surface area contributed by atoms with Crippen LogP contribution in [0.1, 0.15) is 24.0 Å². The molecular formula is C22H24N2O2. The topological polar surface area (TPSA) is 50.7 Å². The van der Waals surface area contributed by atoms with Crippen LogP contribution >= 0.6 is 0 Å². The number of nitrogens with one attached hydrogen (secondary N) is 1. The zero-order valence-electron chi connectivity index (χ0n) is 14.8. The fraction of sp³-hybridized carbons (Fsp3) is 0.273. The van der Waals surface area contributed by atoms with Gasteiger partial charge in [0.15, 0.2) is 0 Å². The molecule has 0 saturated heterocycles. The zero-order chi connectivity index (χ0) is 18.0. The number of aliphatic imine (C=N–C) groups is 1. The molecule has 1 atom stereocenters. The number of nitrogens with zero attached hydrogens (tertiary/aromatic N) is 1. The Morgan fingerprint density at radius 1 is 1.00 bits per heavy atom. The number of hydrogen-bond donors (Lipinski definition) is 1. The molecule has 1 amide bonds. The van der Waals surface area contributed by atoms with Crippen LogP contribution < -0.4 is 5.32 Å². The molecule has 1 heterocycles. The van der Waals surface area contributed by atoms with Crippen LogP contribution in [0.2, 0.25) is 0 Å². The maximum atomic E-state index is 12.3. The van der Waals surface area contributed by atoms with Crippen molar-refractivity contribution < 1.29 is 9.53 Å². The first-order valence-corrected chi connectivity index (χ1v) is 9.00. The molecule has 1 N–H and O–H groups in total. The van der Waals surface area contributed by atoms with E-state index in [0.29, 0.717) is 0 Å². The average molecular weight is 348 g/mol. The fourth-order valence-electron chi connectivity index (χ4n) is 2.91. The van der Waals surface area contributed by atoms with Crippen LogP contribution in [-0.4, -0.2) is 24.4 Å². The number of benzene rings is 2. The lowest BCUT2D eigenvalue weighted by Gasteiger charge is -2.21. The minimum absolute atomic E-state index is 0.143. The number of carbonyl (C=O) groups excluding carboxylic acids is 1. The Labute approximate surface area is 154 Å². The molecule has 4 heteroatoms. The van der Waals surface area contributed by atoms with Crippen LogP contribution in [0.15, 0.2) is 77.8 Å². The number of carbonyl (C=O) groups is 1. The number of rotatable bonds is 5. The molecule has 26 heavy (non-hydrogen) atoms. The molecule has 0 fully saturated rings. The van der Waals surface area contributed by atoms with E-state index in [0.717, 1.165) is 37.1 Å². The SMILES string of the molecule is O=C(N[C@@H]1C/C=C\CCN=C1Cc1ccccc1)OCc1ccccc1. The van der Waals surface area contributed by atoms with Crippen molar-refractivity contribution in [3.05, 3.63) is 83.9 Å².